The van der Waals surface area contributed by atoms with Crippen LogP contribution in [0.5, 0.6) is 5.75 Å². The van der Waals surface area contributed by atoms with Gasteiger partial charge in [0, 0.05) is 12.1 Å². The van der Waals surface area contributed by atoms with E-state index in [1.165, 1.54) is 24.3 Å². The van der Waals surface area contributed by atoms with E-state index in [1.807, 2.05) is 24.3 Å². The highest BCUT2D eigenvalue weighted by atomic mass is 19.1. The lowest BCUT2D eigenvalue weighted by Gasteiger charge is -2.08. The van der Waals surface area contributed by atoms with Gasteiger partial charge in [0.15, 0.2) is 0 Å². The summed E-state index contributed by atoms with van der Waals surface area (Å²) in [6.45, 7) is 0.344. The number of benzene rings is 2. The van der Waals surface area contributed by atoms with Crippen LogP contribution in [-0.4, -0.2) is 32.0 Å². The zero-order chi connectivity index (χ0) is 17.4. The highest BCUT2D eigenvalue weighted by Gasteiger charge is 2.07. The van der Waals surface area contributed by atoms with Crippen LogP contribution in [0.1, 0.15) is 15.9 Å². The van der Waals surface area contributed by atoms with Gasteiger partial charge in [-0.3, -0.25) is 9.59 Å². The van der Waals surface area contributed by atoms with Gasteiger partial charge in [-0.25, -0.2) is 4.39 Å². The van der Waals surface area contributed by atoms with Gasteiger partial charge in [0.05, 0.1) is 13.7 Å². The first kappa shape index (κ1) is 17.5. The number of halogens is 1. The molecule has 0 aromatic heterocycles. The molecule has 0 heterocycles. The molecule has 0 fully saturated rings. The molecule has 0 radical (unpaired) electrons. The predicted octanol–water partition coefficient (Wildman–Crippen LogP) is 1.92. The van der Waals surface area contributed by atoms with E-state index in [9.17, 15) is 14.0 Å². The Labute approximate surface area is 139 Å². The number of hydrogen-bond donors (Lipinski definition) is 2. The van der Waals surface area contributed by atoms with E-state index in [4.69, 9.17) is 4.74 Å². The second kappa shape index (κ2) is 8.67. The summed E-state index contributed by atoms with van der Waals surface area (Å²) in [6, 6.07) is 12.7. The van der Waals surface area contributed by atoms with Crippen LogP contribution in [0.2, 0.25) is 0 Å². The molecule has 2 rings (SSSR count). The fourth-order valence-corrected chi connectivity index (χ4v) is 2.06. The van der Waals surface area contributed by atoms with Crippen molar-refractivity contribution in [2.24, 2.45) is 0 Å². The zero-order valence-electron chi connectivity index (χ0n) is 13.3. The molecular weight excluding hydrogens is 311 g/mol. The maximum atomic E-state index is 12.8. The Hall–Kier alpha value is -2.89. The third-order valence-electron chi connectivity index (χ3n) is 3.41. The number of hydrogen-bond acceptors (Lipinski definition) is 3. The van der Waals surface area contributed by atoms with Crippen LogP contribution in [-0.2, 0) is 11.2 Å². The van der Waals surface area contributed by atoms with Crippen LogP contribution >= 0.6 is 0 Å². The van der Waals surface area contributed by atoms with E-state index >= 15 is 0 Å². The van der Waals surface area contributed by atoms with Crippen molar-refractivity contribution in [3.8, 4) is 5.75 Å². The number of carbonyl (C=O) groups is 2. The lowest BCUT2D eigenvalue weighted by molar-refractivity contribution is -0.120. The maximum absolute atomic E-state index is 12.8. The van der Waals surface area contributed by atoms with E-state index in [-0.39, 0.29) is 12.5 Å². The van der Waals surface area contributed by atoms with Crippen LogP contribution in [0, 0.1) is 5.82 Å². The lowest BCUT2D eigenvalue weighted by Crippen LogP contribution is -2.37. The van der Waals surface area contributed by atoms with Crippen LogP contribution < -0.4 is 15.4 Å². The maximum Gasteiger partial charge on any atom is 0.251 e. The summed E-state index contributed by atoms with van der Waals surface area (Å²) in [5.74, 6) is -0.326. The summed E-state index contributed by atoms with van der Waals surface area (Å²) in [6.07, 6.45) is 0.682. The van der Waals surface area contributed by atoms with Crippen molar-refractivity contribution in [2.45, 2.75) is 6.42 Å². The molecule has 2 N–H and O–H groups in total. The van der Waals surface area contributed by atoms with Crippen LogP contribution in [0.15, 0.2) is 48.5 Å². The summed E-state index contributed by atoms with van der Waals surface area (Å²) in [7, 11) is 1.61. The van der Waals surface area contributed by atoms with Crippen molar-refractivity contribution in [3.05, 3.63) is 65.5 Å². The minimum Gasteiger partial charge on any atom is -0.497 e. The van der Waals surface area contributed by atoms with Gasteiger partial charge in [-0.15, -0.1) is 0 Å². The van der Waals surface area contributed by atoms with Crippen molar-refractivity contribution in [1.29, 1.82) is 0 Å². The molecule has 0 saturated heterocycles. The van der Waals surface area contributed by atoms with Crippen LogP contribution in [0.25, 0.3) is 0 Å². The summed E-state index contributed by atoms with van der Waals surface area (Å²) >= 11 is 0. The van der Waals surface area contributed by atoms with Gasteiger partial charge in [-0.2, -0.15) is 0 Å². The SMILES string of the molecule is COc1ccc(CCNC(=O)CNC(=O)c2ccc(F)cc2)cc1. The molecule has 126 valence electrons. The Morgan fingerprint density at radius 2 is 1.67 bits per heavy atom. The van der Waals surface area contributed by atoms with Gasteiger partial charge < -0.3 is 15.4 Å². The highest BCUT2D eigenvalue weighted by molar-refractivity contribution is 5.96. The molecule has 2 aromatic rings. The molecule has 0 atom stereocenters. The fourth-order valence-electron chi connectivity index (χ4n) is 2.06. The number of methoxy groups -OCH3 is 1. The van der Waals surface area contributed by atoms with Gasteiger partial charge in [0.1, 0.15) is 11.6 Å². The summed E-state index contributed by atoms with van der Waals surface area (Å²) in [4.78, 5) is 23.5. The van der Waals surface area contributed by atoms with Gasteiger partial charge in [0.25, 0.3) is 5.91 Å². The van der Waals surface area contributed by atoms with Gasteiger partial charge in [-0.1, -0.05) is 12.1 Å². The van der Waals surface area contributed by atoms with E-state index in [1.54, 1.807) is 7.11 Å². The number of carbonyl (C=O) groups excluding carboxylic acids is 2. The molecule has 0 aliphatic heterocycles. The predicted molar refractivity (Wildman–Crippen MR) is 88.4 cm³/mol. The van der Waals surface area contributed by atoms with E-state index in [0.717, 1.165) is 11.3 Å². The molecule has 0 aliphatic carbocycles. The zero-order valence-corrected chi connectivity index (χ0v) is 13.3. The van der Waals surface area contributed by atoms with Crippen LogP contribution in [0.4, 0.5) is 4.39 Å². The number of rotatable bonds is 7. The van der Waals surface area contributed by atoms with E-state index in [2.05, 4.69) is 10.6 Å². The van der Waals surface area contributed by atoms with Gasteiger partial charge >= 0.3 is 0 Å². The largest absolute Gasteiger partial charge is 0.497 e. The van der Waals surface area contributed by atoms with Crippen molar-refractivity contribution in [3.63, 3.8) is 0 Å². The average molecular weight is 330 g/mol. The standard InChI is InChI=1S/C18H19FN2O3/c1-24-16-8-2-13(3-9-16)10-11-20-17(22)12-21-18(23)14-4-6-15(19)7-5-14/h2-9H,10-12H2,1H3,(H,20,22)(H,21,23). The third kappa shape index (κ3) is 5.39. The Kier molecular flexibility index (Phi) is 6.31. The Balaban J connectivity index is 1.69. The first-order chi connectivity index (χ1) is 11.6. The number of amides is 2. The van der Waals surface area contributed by atoms with Crippen LogP contribution in [0.3, 0.4) is 0 Å². The topological polar surface area (TPSA) is 67.4 Å². The quantitative estimate of drug-likeness (QED) is 0.815. The van der Waals surface area contributed by atoms with Crippen molar-refractivity contribution >= 4 is 11.8 Å². The second-order valence-corrected chi connectivity index (χ2v) is 5.14. The molecule has 5 nitrogen and oxygen atoms in total. The lowest BCUT2D eigenvalue weighted by atomic mass is 10.1. The summed E-state index contributed by atoms with van der Waals surface area (Å²) in [5, 5.41) is 5.22. The normalized spacial score (nSPS) is 10.1. The number of ether oxygens (including phenoxy) is 1. The second-order valence-electron chi connectivity index (χ2n) is 5.14. The Bertz CT molecular complexity index is 684. The number of nitrogens with one attached hydrogen (secondary N) is 2. The van der Waals surface area contributed by atoms with E-state index < -0.39 is 11.7 Å². The minimum atomic E-state index is -0.416. The first-order valence-electron chi connectivity index (χ1n) is 7.52. The molecule has 0 spiro atoms. The third-order valence-corrected chi connectivity index (χ3v) is 3.41. The summed E-state index contributed by atoms with van der Waals surface area (Å²) in [5.41, 5.74) is 1.38. The average Bonchev–Trinajstić information content (AvgIpc) is 2.61. The Morgan fingerprint density at radius 3 is 2.29 bits per heavy atom. The molecule has 2 aromatic carbocycles. The molecule has 0 aliphatic rings. The molecule has 24 heavy (non-hydrogen) atoms. The molecule has 2 amide bonds. The summed E-state index contributed by atoms with van der Waals surface area (Å²) < 4.78 is 17.9. The molecular formula is C18H19FN2O3. The van der Waals surface area contributed by atoms with Crippen molar-refractivity contribution in [2.75, 3.05) is 20.2 Å². The first-order valence-corrected chi connectivity index (χ1v) is 7.52. The monoisotopic (exact) mass is 330 g/mol. The van der Waals surface area contributed by atoms with Gasteiger partial charge in [0.2, 0.25) is 5.91 Å². The smallest absolute Gasteiger partial charge is 0.251 e. The van der Waals surface area contributed by atoms with Crippen molar-refractivity contribution < 1.29 is 18.7 Å². The minimum absolute atomic E-state index is 0.126. The molecule has 0 saturated carbocycles. The molecule has 0 unspecified atom stereocenters. The molecule has 0 bridgehead atoms. The van der Waals surface area contributed by atoms with E-state index in [0.29, 0.717) is 18.5 Å². The Morgan fingerprint density at radius 1 is 1.00 bits per heavy atom. The van der Waals surface area contributed by atoms with Crippen molar-refractivity contribution in [1.82, 2.24) is 10.6 Å². The van der Waals surface area contributed by atoms with Gasteiger partial charge in [-0.05, 0) is 48.4 Å². The fraction of sp³-hybridized carbons (Fsp3) is 0.222. The highest BCUT2D eigenvalue weighted by Crippen LogP contribution is 2.11. The molecule has 6 heteroatoms.